The van der Waals surface area contributed by atoms with Crippen molar-refractivity contribution in [3.05, 3.63) is 22.8 Å². The van der Waals surface area contributed by atoms with E-state index >= 15 is 0 Å². The minimum atomic E-state index is 0.634. The smallest absolute Gasteiger partial charge is 0.128 e. The summed E-state index contributed by atoms with van der Waals surface area (Å²) in [7, 11) is 0. The number of rotatable bonds is 2. The van der Waals surface area contributed by atoms with Crippen LogP contribution < -0.4 is 10.2 Å². The predicted molar refractivity (Wildman–Crippen MR) is 77.9 cm³/mol. The molecule has 0 aliphatic carbocycles. The van der Waals surface area contributed by atoms with E-state index in [1.165, 1.54) is 38.6 Å². The first kappa shape index (κ1) is 12.4. The Hall–Kier alpha value is -0.610. The number of nitrogens with zero attached hydrogens (tertiary/aromatic N) is 2. The SMILES string of the molecule is Brc1ccc(N2CCCCC2C2CCCN2)nc1. The lowest BCUT2D eigenvalue weighted by Crippen LogP contribution is -2.50. The summed E-state index contributed by atoms with van der Waals surface area (Å²) in [5, 5.41) is 3.66. The molecular weight excluding hydrogens is 290 g/mol. The van der Waals surface area contributed by atoms with Gasteiger partial charge in [0.25, 0.3) is 0 Å². The van der Waals surface area contributed by atoms with Gasteiger partial charge in [0.1, 0.15) is 5.82 Å². The molecule has 3 nitrogen and oxygen atoms in total. The number of anilines is 1. The van der Waals surface area contributed by atoms with E-state index in [4.69, 9.17) is 0 Å². The number of piperidine rings is 1. The molecule has 1 N–H and O–H groups in total. The Balaban J connectivity index is 1.80. The van der Waals surface area contributed by atoms with E-state index in [0.717, 1.165) is 16.8 Å². The number of hydrogen-bond donors (Lipinski definition) is 1. The van der Waals surface area contributed by atoms with E-state index in [1.807, 2.05) is 6.20 Å². The maximum Gasteiger partial charge on any atom is 0.128 e. The highest BCUT2D eigenvalue weighted by Crippen LogP contribution is 2.28. The minimum absolute atomic E-state index is 0.634. The Morgan fingerprint density at radius 2 is 2.17 bits per heavy atom. The second-order valence-electron chi connectivity index (χ2n) is 5.29. The summed E-state index contributed by atoms with van der Waals surface area (Å²) >= 11 is 3.46. The Kier molecular flexibility index (Phi) is 3.85. The van der Waals surface area contributed by atoms with E-state index in [2.05, 4.69) is 43.3 Å². The summed E-state index contributed by atoms with van der Waals surface area (Å²) < 4.78 is 1.05. The highest BCUT2D eigenvalue weighted by Gasteiger charge is 2.32. The Labute approximate surface area is 117 Å². The van der Waals surface area contributed by atoms with Gasteiger partial charge in [0.05, 0.1) is 0 Å². The number of hydrogen-bond acceptors (Lipinski definition) is 3. The van der Waals surface area contributed by atoms with Gasteiger partial charge in [-0.3, -0.25) is 0 Å². The van der Waals surface area contributed by atoms with E-state index < -0.39 is 0 Å². The van der Waals surface area contributed by atoms with Gasteiger partial charge < -0.3 is 10.2 Å². The molecule has 18 heavy (non-hydrogen) atoms. The van der Waals surface area contributed by atoms with Crippen LogP contribution in [0.25, 0.3) is 0 Å². The topological polar surface area (TPSA) is 28.2 Å². The summed E-state index contributed by atoms with van der Waals surface area (Å²) in [6, 6.07) is 5.53. The fourth-order valence-electron chi connectivity index (χ4n) is 3.24. The molecule has 98 valence electrons. The standard InChI is InChI=1S/C14H20BrN3/c15-11-6-7-14(17-10-11)18-9-2-1-5-13(18)12-4-3-8-16-12/h6-7,10,12-13,16H,1-5,8-9H2. The van der Waals surface area contributed by atoms with Crippen LogP contribution in [-0.2, 0) is 0 Å². The van der Waals surface area contributed by atoms with Crippen molar-refractivity contribution in [2.24, 2.45) is 0 Å². The second kappa shape index (κ2) is 5.57. The van der Waals surface area contributed by atoms with Crippen LogP contribution in [0.2, 0.25) is 0 Å². The zero-order valence-corrected chi connectivity index (χ0v) is 12.2. The molecule has 2 atom stereocenters. The first-order chi connectivity index (χ1) is 8.84. The van der Waals surface area contributed by atoms with Crippen LogP contribution in [0.15, 0.2) is 22.8 Å². The van der Waals surface area contributed by atoms with Crippen molar-refractivity contribution in [2.45, 2.75) is 44.2 Å². The van der Waals surface area contributed by atoms with Gasteiger partial charge >= 0.3 is 0 Å². The van der Waals surface area contributed by atoms with E-state index in [-0.39, 0.29) is 0 Å². The average Bonchev–Trinajstić information content (AvgIpc) is 2.93. The van der Waals surface area contributed by atoms with Crippen molar-refractivity contribution in [3.8, 4) is 0 Å². The fraction of sp³-hybridized carbons (Fsp3) is 0.643. The molecule has 3 heterocycles. The maximum absolute atomic E-state index is 4.57. The van der Waals surface area contributed by atoms with Gasteiger partial charge in [-0.2, -0.15) is 0 Å². The summed E-state index contributed by atoms with van der Waals surface area (Å²) in [4.78, 5) is 7.09. The summed E-state index contributed by atoms with van der Waals surface area (Å²) in [5.41, 5.74) is 0. The average molecular weight is 310 g/mol. The van der Waals surface area contributed by atoms with Crippen molar-refractivity contribution < 1.29 is 0 Å². The molecule has 0 bridgehead atoms. The van der Waals surface area contributed by atoms with Crippen molar-refractivity contribution in [1.82, 2.24) is 10.3 Å². The number of halogens is 1. The summed E-state index contributed by atoms with van der Waals surface area (Å²) in [6.07, 6.45) is 8.50. The summed E-state index contributed by atoms with van der Waals surface area (Å²) in [5.74, 6) is 1.14. The van der Waals surface area contributed by atoms with Gasteiger partial charge in [-0.25, -0.2) is 4.98 Å². The van der Waals surface area contributed by atoms with E-state index in [1.54, 1.807) is 0 Å². The Morgan fingerprint density at radius 3 is 2.89 bits per heavy atom. The van der Waals surface area contributed by atoms with Crippen molar-refractivity contribution in [2.75, 3.05) is 18.0 Å². The predicted octanol–water partition coefficient (Wildman–Crippen LogP) is 2.96. The minimum Gasteiger partial charge on any atom is -0.352 e. The van der Waals surface area contributed by atoms with Crippen molar-refractivity contribution in [1.29, 1.82) is 0 Å². The number of pyridine rings is 1. The monoisotopic (exact) mass is 309 g/mol. The van der Waals surface area contributed by atoms with Gasteiger partial charge in [-0.1, -0.05) is 0 Å². The van der Waals surface area contributed by atoms with Gasteiger partial charge in [-0.05, 0) is 66.7 Å². The Bertz CT molecular complexity index is 387. The van der Waals surface area contributed by atoms with Crippen LogP contribution in [0.3, 0.4) is 0 Å². The maximum atomic E-state index is 4.57. The molecule has 4 heteroatoms. The summed E-state index contributed by atoms with van der Waals surface area (Å²) in [6.45, 7) is 2.33. The zero-order valence-electron chi connectivity index (χ0n) is 10.6. The first-order valence-electron chi connectivity index (χ1n) is 6.96. The molecule has 0 aromatic carbocycles. The third kappa shape index (κ3) is 2.54. The van der Waals surface area contributed by atoms with Crippen LogP contribution >= 0.6 is 15.9 Å². The van der Waals surface area contributed by atoms with Crippen LogP contribution in [0.1, 0.15) is 32.1 Å². The molecule has 0 radical (unpaired) electrons. The van der Waals surface area contributed by atoms with Crippen LogP contribution in [0.4, 0.5) is 5.82 Å². The van der Waals surface area contributed by atoms with E-state index in [0.29, 0.717) is 12.1 Å². The lowest BCUT2D eigenvalue weighted by molar-refractivity contribution is 0.376. The largest absolute Gasteiger partial charge is 0.352 e. The van der Waals surface area contributed by atoms with E-state index in [9.17, 15) is 0 Å². The molecule has 2 aliphatic rings. The zero-order chi connectivity index (χ0) is 12.4. The second-order valence-corrected chi connectivity index (χ2v) is 6.21. The molecule has 0 amide bonds. The molecule has 0 spiro atoms. The lowest BCUT2D eigenvalue weighted by Gasteiger charge is -2.40. The van der Waals surface area contributed by atoms with Crippen LogP contribution in [0, 0.1) is 0 Å². The molecule has 1 aromatic rings. The van der Waals surface area contributed by atoms with Gasteiger partial charge in [0.2, 0.25) is 0 Å². The van der Waals surface area contributed by atoms with Crippen LogP contribution in [0.5, 0.6) is 0 Å². The molecule has 2 fully saturated rings. The molecule has 0 saturated carbocycles. The molecule has 2 saturated heterocycles. The molecular formula is C14H20BrN3. The van der Waals surface area contributed by atoms with Crippen molar-refractivity contribution >= 4 is 21.7 Å². The highest BCUT2D eigenvalue weighted by atomic mass is 79.9. The van der Waals surface area contributed by atoms with Crippen molar-refractivity contribution in [3.63, 3.8) is 0 Å². The molecule has 2 aliphatic heterocycles. The highest BCUT2D eigenvalue weighted by molar-refractivity contribution is 9.10. The third-order valence-corrected chi connectivity index (χ3v) is 4.59. The molecule has 3 rings (SSSR count). The quantitative estimate of drug-likeness (QED) is 0.910. The van der Waals surface area contributed by atoms with Gasteiger partial charge in [-0.15, -0.1) is 0 Å². The lowest BCUT2D eigenvalue weighted by atomic mass is 9.94. The number of nitrogens with one attached hydrogen (secondary N) is 1. The van der Waals surface area contributed by atoms with Gasteiger partial charge in [0.15, 0.2) is 0 Å². The number of aromatic nitrogens is 1. The van der Waals surface area contributed by atoms with Gasteiger partial charge in [0, 0.05) is 29.3 Å². The third-order valence-electron chi connectivity index (χ3n) is 4.12. The Morgan fingerprint density at radius 1 is 1.22 bits per heavy atom. The molecule has 2 unspecified atom stereocenters. The first-order valence-corrected chi connectivity index (χ1v) is 7.75. The molecule has 1 aromatic heterocycles. The normalized spacial score (nSPS) is 28.6. The van der Waals surface area contributed by atoms with Crippen LogP contribution in [-0.4, -0.2) is 30.2 Å². The fourth-order valence-corrected chi connectivity index (χ4v) is 3.47.